The van der Waals surface area contributed by atoms with Gasteiger partial charge in [0.1, 0.15) is 0 Å². The molecular weight excluding hydrogens is 321 g/mol. The van der Waals surface area contributed by atoms with E-state index in [-0.39, 0.29) is 0 Å². The average molecular weight is 343 g/mol. The Kier molecular flexibility index (Phi) is 4.71. The summed E-state index contributed by atoms with van der Waals surface area (Å²) in [6, 6.07) is 7.24. The Balaban J connectivity index is 2.01. The van der Waals surface area contributed by atoms with Crippen LogP contribution in [0.25, 0.3) is 0 Å². The predicted octanol–water partition coefficient (Wildman–Crippen LogP) is 4.98. The summed E-state index contributed by atoms with van der Waals surface area (Å²) in [4.78, 5) is 0. The van der Waals surface area contributed by atoms with Gasteiger partial charge in [-0.2, -0.15) is 0 Å². The highest BCUT2D eigenvalue weighted by Crippen LogP contribution is 2.29. The minimum atomic E-state index is 0.604. The summed E-state index contributed by atoms with van der Waals surface area (Å²) in [6.45, 7) is 4.53. The lowest BCUT2D eigenvalue weighted by Crippen LogP contribution is -2.28. The number of hydrogen-bond donors (Lipinski definition) is 1. The topological polar surface area (TPSA) is 12.0 Å². The molecule has 17 heavy (non-hydrogen) atoms. The summed E-state index contributed by atoms with van der Waals surface area (Å²) >= 11 is 2.38. The highest BCUT2D eigenvalue weighted by Gasteiger charge is 2.20. The molecule has 1 nitrogen and oxygen atoms in total. The number of rotatable bonds is 3. The molecule has 1 N–H and O–H groups in total. The number of nitrogens with one attached hydrogen (secondary N) is 1. The summed E-state index contributed by atoms with van der Waals surface area (Å²) in [7, 11) is 0. The van der Waals surface area contributed by atoms with E-state index in [0.717, 1.165) is 5.92 Å². The number of aryl methyl sites for hydroxylation is 1. The molecule has 0 spiro atoms. The monoisotopic (exact) mass is 343 g/mol. The van der Waals surface area contributed by atoms with Gasteiger partial charge in [0.2, 0.25) is 0 Å². The molecule has 2 heteroatoms. The Bertz CT molecular complexity index is 369. The quantitative estimate of drug-likeness (QED) is 0.763. The molecule has 1 saturated carbocycles. The van der Waals surface area contributed by atoms with Crippen LogP contribution in [0.5, 0.6) is 0 Å². The molecule has 1 fully saturated rings. The van der Waals surface area contributed by atoms with Crippen LogP contribution in [0.15, 0.2) is 18.2 Å². The first kappa shape index (κ1) is 13.2. The van der Waals surface area contributed by atoms with Crippen molar-refractivity contribution in [3.8, 4) is 0 Å². The Morgan fingerprint density at radius 1 is 1.24 bits per heavy atom. The number of hydrogen-bond acceptors (Lipinski definition) is 1. The second kappa shape index (κ2) is 6.07. The maximum Gasteiger partial charge on any atom is 0.0382 e. The summed E-state index contributed by atoms with van der Waals surface area (Å²) in [6.07, 6.45) is 7.07. The van der Waals surface area contributed by atoms with Gasteiger partial charge < -0.3 is 5.32 Å². The van der Waals surface area contributed by atoms with Gasteiger partial charge in [0.15, 0.2) is 0 Å². The van der Waals surface area contributed by atoms with Crippen molar-refractivity contribution >= 4 is 28.3 Å². The smallest absolute Gasteiger partial charge is 0.0382 e. The maximum absolute atomic E-state index is 3.72. The Labute approximate surface area is 119 Å². The molecule has 1 aromatic rings. The lowest BCUT2D eigenvalue weighted by atomic mass is 9.84. The minimum Gasteiger partial charge on any atom is -0.382 e. The lowest BCUT2D eigenvalue weighted by molar-refractivity contribution is 0.328. The zero-order chi connectivity index (χ0) is 12.3. The molecule has 0 saturated heterocycles. The van der Waals surface area contributed by atoms with Gasteiger partial charge >= 0.3 is 0 Å². The summed E-state index contributed by atoms with van der Waals surface area (Å²) in [5.74, 6) is 0.862. The molecular formula is C15H22IN. The van der Waals surface area contributed by atoms with E-state index in [1.165, 1.54) is 46.9 Å². The fourth-order valence-electron chi connectivity index (χ4n) is 2.75. The molecule has 1 aliphatic rings. The molecule has 94 valence electrons. The summed E-state index contributed by atoms with van der Waals surface area (Å²) < 4.78 is 1.31. The van der Waals surface area contributed by atoms with Gasteiger partial charge in [0, 0.05) is 15.3 Å². The van der Waals surface area contributed by atoms with Crippen LogP contribution in [0, 0.1) is 16.4 Å². The minimum absolute atomic E-state index is 0.604. The van der Waals surface area contributed by atoms with Crippen LogP contribution in [-0.4, -0.2) is 6.04 Å². The first-order valence-corrected chi connectivity index (χ1v) is 7.77. The van der Waals surface area contributed by atoms with Crippen molar-refractivity contribution in [3.05, 3.63) is 27.3 Å². The van der Waals surface area contributed by atoms with E-state index >= 15 is 0 Å². The third-order valence-corrected chi connectivity index (χ3v) is 4.61. The molecule has 1 aromatic carbocycles. The highest BCUT2D eigenvalue weighted by atomic mass is 127. The average Bonchev–Trinajstić information content (AvgIpc) is 2.35. The molecule has 0 heterocycles. The fraction of sp³-hybridized carbons (Fsp3) is 0.600. The van der Waals surface area contributed by atoms with Gasteiger partial charge in [-0.3, -0.25) is 0 Å². The first-order valence-electron chi connectivity index (χ1n) is 6.69. The van der Waals surface area contributed by atoms with E-state index in [0.29, 0.717) is 6.04 Å². The second-order valence-electron chi connectivity index (χ2n) is 5.29. The molecule has 0 radical (unpaired) electrons. The maximum atomic E-state index is 3.72. The van der Waals surface area contributed by atoms with Crippen molar-refractivity contribution in [1.29, 1.82) is 0 Å². The van der Waals surface area contributed by atoms with Crippen LogP contribution < -0.4 is 5.32 Å². The summed E-state index contributed by atoms with van der Waals surface area (Å²) in [5, 5.41) is 3.72. The molecule has 0 aromatic heterocycles. The van der Waals surface area contributed by atoms with Crippen LogP contribution in [0.1, 0.15) is 44.6 Å². The highest BCUT2D eigenvalue weighted by molar-refractivity contribution is 14.1. The van der Waals surface area contributed by atoms with E-state index in [4.69, 9.17) is 0 Å². The van der Waals surface area contributed by atoms with Gasteiger partial charge in [-0.15, -0.1) is 0 Å². The van der Waals surface area contributed by atoms with Crippen molar-refractivity contribution in [2.45, 2.75) is 52.0 Å². The number of benzene rings is 1. The molecule has 0 aliphatic heterocycles. The lowest BCUT2D eigenvalue weighted by Gasteiger charge is -2.29. The first-order chi connectivity index (χ1) is 8.16. The normalized spacial score (nSPS) is 19.0. The predicted molar refractivity (Wildman–Crippen MR) is 83.6 cm³/mol. The Hall–Kier alpha value is -0.250. The van der Waals surface area contributed by atoms with Crippen molar-refractivity contribution in [2.75, 3.05) is 5.32 Å². The number of anilines is 1. The van der Waals surface area contributed by atoms with Gasteiger partial charge in [0.25, 0.3) is 0 Å². The van der Waals surface area contributed by atoms with E-state index in [1.807, 2.05) is 0 Å². The van der Waals surface area contributed by atoms with E-state index in [1.54, 1.807) is 0 Å². The Morgan fingerprint density at radius 3 is 2.65 bits per heavy atom. The van der Waals surface area contributed by atoms with Crippen LogP contribution in [0.2, 0.25) is 0 Å². The van der Waals surface area contributed by atoms with Gasteiger partial charge in [-0.25, -0.2) is 0 Å². The molecule has 1 aliphatic carbocycles. The molecule has 2 rings (SSSR count). The molecule has 1 unspecified atom stereocenters. The third-order valence-electron chi connectivity index (χ3n) is 3.94. The van der Waals surface area contributed by atoms with Crippen LogP contribution >= 0.6 is 22.6 Å². The van der Waals surface area contributed by atoms with Crippen molar-refractivity contribution < 1.29 is 0 Å². The summed E-state index contributed by atoms with van der Waals surface area (Å²) in [5.41, 5.74) is 2.67. The van der Waals surface area contributed by atoms with Gasteiger partial charge in [-0.1, -0.05) is 25.3 Å². The zero-order valence-corrected chi connectivity index (χ0v) is 13.0. The van der Waals surface area contributed by atoms with Gasteiger partial charge in [0.05, 0.1) is 0 Å². The zero-order valence-electron chi connectivity index (χ0n) is 10.8. The fourth-order valence-corrected chi connectivity index (χ4v) is 3.24. The van der Waals surface area contributed by atoms with Crippen molar-refractivity contribution in [3.63, 3.8) is 0 Å². The van der Waals surface area contributed by atoms with E-state index in [9.17, 15) is 0 Å². The van der Waals surface area contributed by atoms with Crippen LogP contribution in [0.4, 0.5) is 5.69 Å². The second-order valence-corrected chi connectivity index (χ2v) is 6.54. The number of halogens is 1. The standard InChI is InChI=1S/C15H22IN/c1-11-8-9-14(16)10-15(11)17-12(2)13-6-4-3-5-7-13/h8-10,12-13,17H,3-7H2,1-2H3. The molecule has 0 amide bonds. The van der Waals surface area contributed by atoms with E-state index in [2.05, 4.69) is 60.0 Å². The van der Waals surface area contributed by atoms with Crippen molar-refractivity contribution in [2.24, 2.45) is 5.92 Å². The third kappa shape index (κ3) is 3.60. The van der Waals surface area contributed by atoms with Crippen LogP contribution in [-0.2, 0) is 0 Å². The van der Waals surface area contributed by atoms with Crippen molar-refractivity contribution in [1.82, 2.24) is 0 Å². The molecule has 0 bridgehead atoms. The van der Waals surface area contributed by atoms with E-state index < -0.39 is 0 Å². The molecule has 1 atom stereocenters. The van der Waals surface area contributed by atoms with Gasteiger partial charge in [-0.05, 0) is 72.9 Å². The Morgan fingerprint density at radius 2 is 1.94 bits per heavy atom. The van der Waals surface area contributed by atoms with Crippen LogP contribution in [0.3, 0.4) is 0 Å². The SMILES string of the molecule is Cc1ccc(I)cc1NC(C)C1CCCCC1. The largest absolute Gasteiger partial charge is 0.382 e.